The lowest BCUT2D eigenvalue weighted by Gasteiger charge is -2.26. The number of carboxylic acid groups (broad SMARTS) is 1. The van der Waals surface area contributed by atoms with E-state index in [0.717, 1.165) is 0 Å². The molecule has 0 aromatic carbocycles. The Morgan fingerprint density at radius 2 is 2.22 bits per heavy atom. The van der Waals surface area contributed by atoms with Crippen molar-refractivity contribution >= 4 is 39.9 Å². The minimum absolute atomic E-state index is 0.0103. The van der Waals surface area contributed by atoms with Crippen molar-refractivity contribution in [1.82, 2.24) is 10.0 Å². The quantitative estimate of drug-likeness (QED) is 0.275. The highest BCUT2D eigenvalue weighted by Gasteiger charge is 2.45. The number of hydrogen-bond acceptors (Lipinski definition) is 8. The first-order valence-electron chi connectivity index (χ1n) is 8.64. The third kappa shape index (κ3) is 5.72. The number of carbonyl (C=O) groups excluding carboxylic acids is 1. The van der Waals surface area contributed by atoms with Crippen LogP contribution in [0.25, 0.3) is 0 Å². The Morgan fingerprint density at radius 3 is 2.74 bits per heavy atom. The van der Waals surface area contributed by atoms with Crippen LogP contribution in [0.4, 0.5) is 0 Å². The molecule has 154 valence electrons. The highest BCUT2D eigenvalue weighted by Crippen LogP contribution is 2.39. The molecule has 2 aliphatic rings. The molecule has 0 saturated carbocycles. The summed E-state index contributed by atoms with van der Waals surface area (Å²) in [5.41, 5.74) is 0.0103. The molecule has 27 heavy (non-hydrogen) atoms. The van der Waals surface area contributed by atoms with Gasteiger partial charge in [-0.3, -0.25) is 4.99 Å². The molecule has 2 heterocycles. The average Bonchev–Trinajstić information content (AvgIpc) is 3.12. The molecule has 2 rings (SSSR count). The first-order chi connectivity index (χ1) is 12.5. The largest absolute Gasteiger partial charge is 0.477 e. The number of aldehydes is 1. The molecule has 0 aromatic rings. The van der Waals surface area contributed by atoms with E-state index in [9.17, 15) is 28.2 Å². The molecule has 12 heteroatoms. The van der Waals surface area contributed by atoms with E-state index in [0.29, 0.717) is 19.3 Å². The van der Waals surface area contributed by atoms with Crippen LogP contribution < -0.4 is 15.2 Å². The summed E-state index contributed by atoms with van der Waals surface area (Å²) in [5.74, 6) is -2.11. The van der Waals surface area contributed by atoms with Crippen LogP contribution in [0.1, 0.15) is 20.3 Å². The Hall–Kier alpha value is -1.05. The number of carboxylic acids is 1. The molecule has 2 aliphatic heterocycles. The van der Waals surface area contributed by atoms with Gasteiger partial charge in [0.15, 0.2) is 0 Å². The second-order valence-corrected chi connectivity index (χ2v) is 9.86. The number of aliphatic hydroxyl groups excluding tert-OH is 1. The zero-order valence-corrected chi connectivity index (χ0v) is 16.7. The van der Waals surface area contributed by atoms with Gasteiger partial charge in [-0.1, -0.05) is 6.92 Å². The molecule has 6 N–H and O–H groups in total. The second-order valence-electron chi connectivity index (χ2n) is 7.04. The third-order valence-corrected chi connectivity index (χ3v) is 7.21. The summed E-state index contributed by atoms with van der Waals surface area (Å²) in [6, 6.07) is -0.681. The van der Waals surface area contributed by atoms with Gasteiger partial charge in [-0.25, -0.2) is 14.7 Å². The minimum atomic E-state index is -3.76. The molecular formula is C15H26N4O6S2. The van der Waals surface area contributed by atoms with Gasteiger partial charge in [0.1, 0.15) is 12.0 Å². The van der Waals surface area contributed by atoms with E-state index in [1.165, 1.54) is 18.7 Å². The molecule has 10 nitrogen and oxygen atoms in total. The van der Waals surface area contributed by atoms with E-state index < -0.39 is 39.5 Å². The summed E-state index contributed by atoms with van der Waals surface area (Å²) in [7, 11) is -3.76. The van der Waals surface area contributed by atoms with Gasteiger partial charge in [0, 0.05) is 24.4 Å². The van der Waals surface area contributed by atoms with Crippen LogP contribution in [0.3, 0.4) is 0 Å². The van der Waals surface area contributed by atoms with Crippen molar-refractivity contribution in [1.29, 1.82) is 0 Å². The van der Waals surface area contributed by atoms with Gasteiger partial charge in [0.25, 0.3) is 10.2 Å². The lowest BCUT2D eigenvalue weighted by molar-refractivity contribution is -0.129. The van der Waals surface area contributed by atoms with E-state index in [4.69, 9.17) is 5.14 Å². The van der Waals surface area contributed by atoms with Crippen molar-refractivity contribution in [2.45, 2.75) is 49.0 Å². The van der Waals surface area contributed by atoms with Crippen molar-refractivity contribution in [2.24, 2.45) is 22.0 Å². The molecule has 1 fully saturated rings. The van der Waals surface area contributed by atoms with Crippen molar-refractivity contribution < 1.29 is 28.2 Å². The Balaban J connectivity index is 2.04. The summed E-state index contributed by atoms with van der Waals surface area (Å²) in [6.07, 6.45) is 0.356. The molecule has 1 saturated heterocycles. The van der Waals surface area contributed by atoms with Crippen molar-refractivity contribution in [3.8, 4) is 0 Å². The van der Waals surface area contributed by atoms with Gasteiger partial charge in [-0.05, 0) is 19.3 Å². The Labute approximate surface area is 162 Å². The molecular weight excluding hydrogens is 396 g/mol. The number of aliphatic carboxylic acids is 1. The van der Waals surface area contributed by atoms with Crippen LogP contribution in [0.15, 0.2) is 4.99 Å². The number of carbonyl (C=O) groups is 2. The molecule has 0 aliphatic carbocycles. The van der Waals surface area contributed by atoms with Crippen molar-refractivity contribution in [3.05, 3.63) is 0 Å². The summed E-state index contributed by atoms with van der Waals surface area (Å²) in [6.45, 7) is 4.08. The molecule has 7 atom stereocenters. The lowest BCUT2D eigenvalue weighted by Crippen LogP contribution is -2.40. The van der Waals surface area contributed by atoms with Crippen LogP contribution in [0, 0.1) is 11.8 Å². The fourth-order valence-electron chi connectivity index (χ4n) is 3.53. The van der Waals surface area contributed by atoms with Gasteiger partial charge >= 0.3 is 5.97 Å². The molecule has 0 radical (unpaired) electrons. The second kappa shape index (κ2) is 8.97. The number of aliphatic imine (C=N–C) groups is 1. The number of nitrogens with one attached hydrogen (secondary N) is 2. The number of rotatable bonds is 9. The molecule has 0 aromatic heterocycles. The van der Waals surface area contributed by atoms with Crippen LogP contribution >= 0.6 is 11.8 Å². The Kier molecular flexibility index (Phi) is 7.39. The highest BCUT2D eigenvalue weighted by atomic mass is 32.2. The number of nitrogens with two attached hydrogens (primary N) is 1. The van der Waals surface area contributed by atoms with Crippen LogP contribution in [0.2, 0.25) is 0 Å². The molecule has 0 spiro atoms. The summed E-state index contributed by atoms with van der Waals surface area (Å²) in [4.78, 5) is 27.2. The fraction of sp³-hybridized carbons (Fsp3) is 0.800. The first kappa shape index (κ1) is 22.2. The Bertz CT molecular complexity index is 698. The standard InChI is InChI=1S/C15H26N4O6S2/c1-7-12(11(6-20)8(2)21)19-13(15(22)23)14(7)26-10-3-9(17-5-10)4-18-27(16,24)25/h6-12,14,17-18,21H,3-5H2,1-2H3,(H,22,23)(H2,16,24,25). The summed E-state index contributed by atoms with van der Waals surface area (Å²) < 4.78 is 24.2. The SMILES string of the molecule is CC(O)C(C=O)C1N=C(C(=O)O)C(SC2CNC(CNS(N)(=O)=O)C2)C1C. The van der Waals surface area contributed by atoms with E-state index >= 15 is 0 Å². The van der Waals surface area contributed by atoms with E-state index in [1.54, 1.807) is 0 Å². The number of nitrogens with zero attached hydrogens (tertiary/aromatic N) is 1. The van der Waals surface area contributed by atoms with Gasteiger partial charge < -0.3 is 20.3 Å². The van der Waals surface area contributed by atoms with Crippen molar-refractivity contribution in [3.63, 3.8) is 0 Å². The molecule has 0 bridgehead atoms. The van der Waals surface area contributed by atoms with Crippen LogP contribution in [-0.2, 0) is 19.8 Å². The van der Waals surface area contributed by atoms with Gasteiger partial charge in [-0.15, -0.1) is 11.8 Å². The average molecular weight is 423 g/mol. The smallest absolute Gasteiger partial charge is 0.350 e. The van der Waals surface area contributed by atoms with Gasteiger partial charge in [0.05, 0.1) is 23.3 Å². The predicted molar refractivity (Wildman–Crippen MR) is 102 cm³/mol. The summed E-state index contributed by atoms with van der Waals surface area (Å²) in [5, 5.41) is 27.1. The van der Waals surface area contributed by atoms with Gasteiger partial charge in [0.2, 0.25) is 0 Å². The normalized spacial score (nSPS) is 33.5. The van der Waals surface area contributed by atoms with Crippen LogP contribution in [0.5, 0.6) is 0 Å². The Morgan fingerprint density at radius 1 is 1.56 bits per heavy atom. The van der Waals surface area contributed by atoms with Crippen molar-refractivity contribution in [2.75, 3.05) is 13.1 Å². The maximum absolute atomic E-state index is 11.6. The number of hydrogen-bond donors (Lipinski definition) is 5. The molecule has 7 unspecified atom stereocenters. The topological polar surface area (TPSA) is 171 Å². The highest BCUT2D eigenvalue weighted by molar-refractivity contribution is 8.01. The maximum atomic E-state index is 11.6. The van der Waals surface area contributed by atoms with Crippen LogP contribution in [-0.4, -0.2) is 78.4 Å². The number of aliphatic hydroxyl groups is 1. The van der Waals surface area contributed by atoms with E-state index in [2.05, 4.69) is 15.0 Å². The van der Waals surface area contributed by atoms with E-state index in [1.807, 2.05) is 6.92 Å². The monoisotopic (exact) mass is 422 g/mol. The van der Waals surface area contributed by atoms with E-state index in [-0.39, 0.29) is 29.5 Å². The molecule has 0 amide bonds. The minimum Gasteiger partial charge on any atom is -0.477 e. The zero-order valence-electron chi connectivity index (χ0n) is 15.1. The maximum Gasteiger partial charge on any atom is 0.350 e. The predicted octanol–water partition coefficient (Wildman–Crippen LogP) is -1.65. The zero-order chi connectivity index (χ0) is 20.4. The number of thioether (sulfide) groups is 1. The third-order valence-electron chi connectivity index (χ3n) is 4.95. The first-order valence-corrected chi connectivity index (χ1v) is 11.1. The van der Waals surface area contributed by atoms with Gasteiger partial charge in [-0.2, -0.15) is 8.42 Å². The summed E-state index contributed by atoms with van der Waals surface area (Å²) >= 11 is 1.46. The fourth-order valence-corrected chi connectivity index (χ4v) is 5.61. The lowest BCUT2D eigenvalue weighted by atomic mass is 9.87.